The number of ketones is 1. The van der Waals surface area contributed by atoms with E-state index in [1.807, 2.05) is 37.3 Å². The zero-order valence-corrected chi connectivity index (χ0v) is 55.2. The fourth-order valence-corrected chi connectivity index (χ4v) is 18.5. The molecule has 9 atom stereocenters. The van der Waals surface area contributed by atoms with Crippen LogP contribution in [0.3, 0.4) is 0 Å². The van der Waals surface area contributed by atoms with Gasteiger partial charge in [-0.3, -0.25) is 9.78 Å². The van der Waals surface area contributed by atoms with Crippen molar-refractivity contribution in [2.75, 3.05) is 39.6 Å². The number of ether oxygens (including phenoxy) is 6. The monoisotopic (exact) mass is 1280 g/mol. The third kappa shape index (κ3) is 10.9. The Morgan fingerprint density at radius 3 is 1.40 bits per heavy atom. The number of hydrogen-bond acceptors (Lipinski definition) is 13. The number of Topliss-reactive ketones (excluding diaryl/α,β-unsaturated/α-hetero) is 1. The lowest BCUT2D eigenvalue weighted by molar-refractivity contribution is -0.612. The molecule has 9 aliphatic rings. The van der Waals surface area contributed by atoms with E-state index in [1.165, 1.54) is 24.4 Å². The van der Waals surface area contributed by atoms with Gasteiger partial charge in [0.05, 0.1) is 62.4 Å². The third-order valence-electron chi connectivity index (χ3n) is 23.7. The Bertz CT molecular complexity index is 4090. The van der Waals surface area contributed by atoms with Crippen molar-refractivity contribution in [3.63, 3.8) is 0 Å². The highest BCUT2D eigenvalue weighted by molar-refractivity contribution is 6.04. The lowest BCUT2D eigenvalue weighted by atomic mass is 9.54. The first-order valence-corrected chi connectivity index (χ1v) is 34.0. The van der Waals surface area contributed by atoms with Crippen molar-refractivity contribution in [3.05, 3.63) is 177 Å². The Hall–Kier alpha value is -7.12. The minimum absolute atomic E-state index is 0.159. The van der Waals surface area contributed by atoms with Crippen LogP contribution in [0, 0.1) is 77.4 Å². The molecule has 17 heteroatoms. The van der Waals surface area contributed by atoms with E-state index in [0.29, 0.717) is 103 Å². The number of nitrogens with zero attached hydrogens (tertiary/aromatic N) is 6. The van der Waals surface area contributed by atoms with E-state index in [4.69, 9.17) is 48.4 Å². The number of carbonyl (C=O) groups excluding carboxylic acids is 1. The lowest BCUT2D eigenvalue weighted by Crippen LogP contribution is -2.56. The molecule has 4 aromatic heterocycles. The van der Waals surface area contributed by atoms with E-state index in [0.717, 1.165) is 120 Å². The molecule has 0 N–H and O–H groups in total. The molecule has 16 rings (SSSR count). The minimum atomic E-state index is -0.510. The summed E-state index contributed by atoms with van der Waals surface area (Å²) in [6.45, 7) is 21.0. The van der Waals surface area contributed by atoms with Gasteiger partial charge in [-0.25, -0.2) is 33.1 Å². The fourth-order valence-electron chi connectivity index (χ4n) is 18.5. The number of pyridine rings is 2. The zero-order valence-electron chi connectivity index (χ0n) is 55.2. The lowest BCUT2D eigenvalue weighted by Gasteiger charge is -2.54. The van der Waals surface area contributed by atoms with Crippen molar-refractivity contribution in [1.29, 1.82) is 0 Å². The van der Waals surface area contributed by atoms with E-state index >= 15 is 8.78 Å². The van der Waals surface area contributed by atoms with Crippen molar-refractivity contribution in [2.24, 2.45) is 40.9 Å². The molecular weight excluding hydrogens is 1190 g/mol. The summed E-state index contributed by atoms with van der Waals surface area (Å²) in [5, 5.41) is 12.0. The SMILES string of the molecule is C[C@@H]1[C@H]2CC/C(=C\c3ccccc3F)C(=O)[C@]2(C)CCC12OCCO2.Cc1cc(-c2nc(-c3ccccc3F)c3c(n2)[C@]2(C)CCC4(OCCO4)[C@H](C)[C@H]2CC3)cc[n+]1[O-].Cc1cc(-c2nc(-c3ccccc3F)c3c(n2)[C@]2(C)CCC4(OCCO4)[C@H](C)[C@H]2CC3)ccn1. The molecule has 7 fully saturated rings. The van der Waals surface area contributed by atoms with Gasteiger partial charge in [0, 0.05) is 123 Å². The summed E-state index contributed by atoms with van der Waals surface area (Å²) in [5.74, 6) is 0.582. The Labute approximate surface area is 549 Å². The Morgan fingerprint density at radius 2 is 0.947 bits per heavy atom. The molecule has 6 aliphatic carbocycles. The van der Waals surface area contributed by atoms with Crippen LogP contribution in [0.5, 0.6) is 0 Å². The van der Waals surface area contributed by atoms with Gasteiger partial charge >= 0.3 is 0 Å². The van der Waals surface area contributed by atoms with Crippen LogP contribution >= 0.6 is 0 Å². The molecule has 0 radical (unpaired) electrons. The Balaban J connectivity index is 0.000000124. The van der Waals surface area contributed by atoms with Crippen LogP contribution in [0.4, 0.5) is 13.2 Å². The standard InChI is InChI=1S/C28H30FN3O3.C28H30FN3O2.C21H25FO3/c1-17-16-19(10-13-32(17)33)26-30-24(20-6-4-5-7-23(20)29)21-8-9-22-18(2)28(34-14-15-35-28)12-11-27(22,3)25(21)31-26;1-17-16-19(10-13-30-17)26-31-24(20-6-4-5-7-23(20)29)21-8-9-22-18(2)28(33-14-15-34-28)12-11-27(22,3)25(21)32-26;1-14-17-8-7-16(13-15-5-3-4-6-18(15)22)19(23)20(17,2)9-10-21(14)24-11-12-25-21/h4-7,10,13,16,18,22H,8-9,11-12,14-15H2,1-3H3;4-7,10,13,16,18,22H,8-9,11-12,14-15H2,1-3H3;3-6,13-14,17H,7-12H2,1-2H3/b;;16-13+/t2*18-,22-,27-;14-,17-,20-/m111/s1. The van der Waals surface area contributed by atoms with Gasteiger partial charge in [-0.15, -0.1) is 0 Å². The predicted molar refractivity (Wildman–Crippen MR) is 350 cm³/mol. The van der Waals surface area contributed by atoms with E-state index in [-0.39, 0.29) is 57.7 Å². The highest BCUT2D eigenvalue weighted by Crippen LogP contribution is 2.61. The normalized spacial score (nSPS) is 29.5. The van der Waals surface area contributed by atoms with E-state index < -0.39 is 22.8 Å². The fraction of sp³-hybridized carbons (Fsp3) is 0.494. The Morgan fingerprint density at radius 1 is 0.521 bits per heavy atom. The quantitative estimate of drug-likeness (QED) is 0.0909. The minimum Gasteiger partial charge on any atom is -0.619 e. The van der Waals surface area contributed by atoms with Crippen LogP contribution in [0.25, 0.3) is 51.4 Å². The van der Waals surface area contributed by atoms with Gasteiger partial charge in [0.1, 0.15) is 17.5 Å². The number of allylic oxidation sites excluding steroid dienone is 1. The van der Waals surface area contributed by atoms with Crippen LogP contribution < -0.4 is 4.73 Å². The van der Waals surface area contributed by atoms with Gasteiger partial charge in [0.2, 0.25) is 0 Å². The van der Waals surface area contributed by atoms with E-state index in [9.17, 15) is 14.4 Å². The molecule has 3 aliphatic heterocycles. The molecule has 492 valence electrons. The van der Waals surface area contributed by atoms with Crippen LogP contribution in [0.1, 0.15) is 145 Å². The second-order valence-corrected chi connectivity index (χ2v) is 28.6. The zero-order chi connectivity index (χ0) is 65.5. The van der Waals surface area contributed by atoms with E-state index in [1.54, 1.807) is 67.7 Å². The van der Waals surface area contributed by atoms with Gasteiger partial charge in [0.15, 0.2) is 46.7 Å². The van der Waals surface area contributed by atoms with Gasteiger partial charge < -0.3 is 33.6 Å². The average Bonchev–Trinajstić information content (AvgIpc) is 0.983. The van der Waals surface area contributed by atoms with Crippen molar-refractivity contribution in [2.45, 2.75) is 161 Å². The summed E-state index contributed by atoms with van der Waals surface area (Å²) in [6, 6.07) is 27.8. The number of carbonyl (C=O) groups is 1. The van der Waals surface area contributed by atoms with Gasteiger partial charge in [0.25, 0.3) is 0 Å². The van der Waals surface area contributed by atoms with Crippen molar-refractivity contribution < 1.29 is 51.1 Å². The van der Waals surface area contributed by atoms with E-state index in [2.05, 4.69) is 46.5 Å². The number of aromatic nitrogens is 6. The maximum Gasteiger partial charge on any atom is 0.190 e. The highest BCUT2D eigenvalue weighted by atomic mass is 19.1. The molecule has 0 unspecified atom stereocenters. The molecule has 0 bridgehead atoms. The molecule has 0 amide bonds. The smallest absolute Gasteiger partial charge is 0.190 e. The van der Waals surface area contributed by atoms with Crippen molar-refractivity contribution in [1.82, 2.24) is 24.9 Å². The predicted octanol–water partition coefficient (Wildman–Crippen LogP) is 14.9. The number of benzene rings is 3. The van der Waals surface area contributed by atoms with Crippen LogP contribution in [-0.4, -0.2) is 87.7 Å². The van der Waals surface area contributed by atoms with Gasteiger partial charge in [-0.05, 0) is 137 Å². The van der Waals surface area contributed by atoms with Crippen molar-refractivity contribution >= 4 is 11.9 Å². The van der Waals surface area contributed by atoms with Crippen LogP contribution in [-0.2, 0) is 56.9 Å². The summed E-state index contributed by atoms with van der Waals surface area (Å²) < 4.78 is 81.5. The number of halogens is 3. The average molecular weight is 1280 g/mol. The summed E-state index contributed by atoms with van der Waals surface area (Å²) in [4.78, 5) is 37.8. The molecule has 3 aromatic carbocycles. The van der Waals surface area contributed by atoms with Crippen molar-refractivity contribution in [3.8, 4) is 45.3 Å². The molecule has 3 saturated heterocycles. The topological polar surface area (TPSA) is 164 Å². The molecule has 94 heavy (non-hydrogen) atoms. The number of hydrogen-bond donors (Lipinski definition) is 0. The number of rotatable bonds is 5. The summed E-state index contributed by atoms with van der Waals surface area (Å²) in [7, 11) is 0. The molecule has 7 aromatic rings. The van der Waals surface area contributed by atoms with Gasteiger partial charge in [-0.1, -0.05) is 84.0 Å². The number of aryl methyl sites for hydroxylation is 2. The number of fused-ring (bicyclic) bond motifs is 7. The third-order valence-corrected chi connectivity index (χ3v) is 23.7. The van der Waals surface area contributed by atoms with Crippen LogP contribution in [0.15, 0.2) is 115 Å². The van der Waals surface area contributed by atoms with Crippen LogP contribution in [0.2, 0.25) is 0 Å². The molecule has 4 saturated carbocycles. The molecule has 7 heterocycles. The summed E-state index contributed by atoms with van der Waals surface area (Å²) in [6.07, 6.45) is 15.1. The largest absolute Gasteiger partial charge is 0.619 e. The second-order valence-electron chi connectivity index (χ2n) is 28.6. The summed E-state index contributed by atoms with van der Waals surface area (Å²) in [5.41, 5.74) is 10.1. The first-order chi connectivity index (χ1) is 45.2. The van der Waals surface area contributed by atoms with Gasteiger partial charge in [-0.2, -0.15) is 4.73 Å². The first kappa shape index (κ1) is 64.2. The first-order valence-electron chi connectivity index (χ1n) is 34.0. The highest BCUT2D eigenvalue weighted by Gasteiger charge is 2.61. The maximum absolute atomic E-state index is 15.0. The summed E-state index contributed by atoms with van der Waals surface area (Å²) >= 11 is 0. The maximum atomic E-state index is 15.0. The molecule has 14 nitrogen and oxygen atoms in total. The Kier molecular flexibility index (Phi) is 17.0. The molecule has 3 spiro atoms. The molecular formula is C77H85F3N6O8. The second kappa shape index (κ2) is 24.8.